The number of hydrogen-bond acceptors (Lipinski definition) is 2. The maximum Gasteiger partial charge on any atom is 0.131 e. The topological polar surface area (TPSA) is 18.5 Å². The molecule has 1 aliphatic carbocycles. The fourth-order valence-corrected chi connectivity index (χ4v) is 3.25. The molecule has 1 heterocycles. The van der Waals surface area contributed by atoms with Gasteiger partial charge in [0.15, 0.2) is 0 Å². The summed E-state index contributed by atoms with van der Waals surface area (Å²) in [7, 11) is 0. The second-order valence-corrected chi connectivity index (χ2v) is 6.92. The highest BCUT2D eigenvalue weighted by Gasteiger charge is 2.24. The van der Waals surface area contributed by atoms with Gasteiger partial charge >= 0.3 is 0 Å². The quantitative estimate of drug-likeness (QED) is 0.688. The minimum Gasteiger partial charge on any atom is -0.490 e. The zero-order valence-corrected chi connectivity index (χ0v) is 13.4. The molecule has 1 aromatic rings. The van der Waals surface area contributed by atoms with Gasteiger partial charge in [0.2, 0.25) is 0 Å². The molecule has 0 N–H and O–H groups in total. The number of hydrogen-bond donors (Lipinski definition) is 0. The highest BCUT2D eigenvalue weighted by Crippen LogP contribution is 2.37. The number of ether oxygens (including phenoxy) is 2. The van der Waals surface area contributed by atoms with Crippen LogP contribution in [-0.4, -0.2) is 11.7 Å². The van der Waals surface area contributed by atoms with E-state index in [1.54, 1.807) is 0 Å². The lowest BCUT2D eigenvalue weighted by atomic mass is 9.99. The van der Waals surface area contributed by atoms with E-state index in [0.717, 1.165) is 11.5 Å². The summed E-state index contributed by atoms with van der Waals surface area (Å²) < 4.78 is 12.3. The minimum atomic E-state index is -0.236. The molecule has 1 aromatic carbocycles. The molecule has 0 atom stereocenters. The van der Waals surface area contributed by atoms with E-state index in [4.69, 9.17) is 9.47 Å². The largest absolute Gasteiger partial charge is 0.490 e. The van der Waals surface area contributed by atoms with Crippen LogP contribution in [-0.2, 0) is 0 Å². The van der Waals surface area contributed by atoms with Crippen LogP contribution in [0.1, 0.15) is 63.5 Å². The van der Waals surface area contributed by atoms with E-state index >= 15 is 0 Å². The molecule has 2 nitrogen and oxygen atoms in total. The molecule has 1 fully saturated rings. The zero-order chi connectivity index (χ0) is 14.9. The van der Waals surface area contributed by atoms with E-state index in [-0.39, 0.29) is 5.60 Å². The molecule has 3 rings (SSSR count). The molecule has 1 aliphatic heterocycles. The number of benzene rings is 1. The lowest BCUT2D eigenvalue weighted by molar-refractivity contribution is 0.154. The van der Waals surface area contributed by atoms with Crippen LogP contribution in [0, 0.1) is 6.92 Å². The van der Waals surface area contributed by atoms with Crippen molar-refractivity contribution in [2.75, 3.05) is 0 Å². The van der Waals surface area contributed by atoms with Crippen molar-refractivity contribution in [2.45, 2.75) is 71.0 Å². The highest BCUT2D eigenvalue weighted by molar-refractivity contribution is 5.66. The van der Waals surface area contributed by atoms with Crippen molar-refractivity contribution in [1.82, 2.24) is 0 Å². The van der Waals surface area contributed by atoms with Crippen molar-refractivity contribution in [3.8, 4) is 11.5 Å². The molecule has 114 valence electrons. The van der Waals surface area contributed by atoms with Gasteiger partial charge in [0.1, 0.15) is 17.1 Å². The molecule has 1 saturated carbocycles. The summed E-state index contributed by atoms with van der Waals surface area (Å²) in [6.45, 7) is 6.30. The van der Waals surface area contributed by atoms with Crippen molar-refractivity contribution in [3.05, 3.63) is 29.3 Å². The molecule has 0 amide bonds. The van der Waals surface area contributed by atoms with Gasteiger partial charge in [-0.05, 0) is 64.2 Å². The lowest BCUT2D eigenvalue weighted by Crippen LogP contribution is -2.27. The van der Waals surface area contributed by atoms with Crippen LogP contribution < -0.4 is 9.47 Å². The fraction of sp³-hybridized carbons (Fsp3) is 0.579. The third-order valence-electron chi connectivity index (χ3n) is 4.45. The number of rotatable bonds is 2. The SMILES string of the molecule is Cc1cc(OC2CCCCCC2)cc2c1C=CC(C)(C)O2. The molecule has 0 spiro atoms. The Morgan fingerprint density at radius 2 is 1.81 bits per heavy atom. The standard InChI is InChI=1S/C19H26O2/c1-14-12-16(20-15-8-6-4-5-7-9-15)13-18-17(14)10-11-19(2,3)21-18/h10-13,15H,4-9H2,1-3H3. The van der Waals surface area contributed by atoms with Gasteiger partial charge in [0, 0.05) is 11.6 Å². The van der Waals surface area contributed by atoms with Crippen LogP contribution in [0.2, 0.25) is 0 Å². The van der Waals surface area contributed by atoms with Gasteiger partial charge in [-0.15, -0.1) is 0 Å². The first-order chi connectivity index (χ1) is 10.0. The van der Waals surface area contributed by atoms with Gasteiger partial charge < -0.3 is 9.47 Å². The number of aryl methyl sites for hydroxylation is 1. The van der Waals surface area contributed by atoms with Crippen LogP contribution in [0.15, 0.2) is 18.2 Å². The van der Waals surface area contributed by atoms with Crippen molar-refractivity contribution in [2.24, 2.45) is 0 Å². The maximum absolute atomic E-state index is 6.25. The van der Waals surface area contributed by atoms with Crippen LogP contribution in [0.3, 0.4) is 0 Å². The lowest BCUT2D eigenvalue weighted by Gasteiger charge is -2.29. The normalized spacial score (nSPS) is 21.3. The summed E-state index contributed by atoms with van der Waals surface area (Å²) in [5.41, 5.74) is 2.17. The Labute approximate surface area is 128 Å². The average molecular weight is 286 g/mol. The molecular weight excluding hydrogens is 260 g/mol. The highest BCUT2D eigenvalue weighted by atomic mass is 16.5. The molecule has 0 saturated heterocycles. The van der Waals surface area contributed by atoms with E-state index < -0.39 is 0 Å². The van der Waals surface area contributed by atoms with Gasteiger partial charge in [-0.25, -0.2) is 0 Å². The first-order valence-electron chi connectivity index (χ1n) is 8.23. The van der Waals surface area contributed by atoms with Crippen LogP contribution in [0.4, 0.5) is 0 Å². The van der Waals surface area contributed by atoms with Gasteiger partial charge in [0.25, 0.3) is 0 Å². The third-order valence-corrected chi connectivity index (χ3v) is 4.45. The van der Waals surface area contributed by atoms with E-state index in [0.29, 0.717) is 6.10 Å². The van der Waals surface area contributed by atoms with Gasteiger partial charge in [-0.3, -0.25) is 0 Å². The summed E-state index contributed by atoms with van der Waals surface area (Å²) in [6.07, 6.45) is 12.3. The zero-order valence-electron chi connectivity index (χ0n) is 13.4. The Morgan fingerprint density at radius 3 is 2.52 bits per heavy atom. The van der Waals surface area contributed by atoms with Crippen LogP contribution >= 0.6 is 0 Å². The van der Waals surface area contributed by atoms with Crippen molar-refractivity contribution in [3.63, 3.8) is 0 Å². The Morgan fingerprint density at radius 1 is 1.10 bits per heavy atom. The number of fused-ring (bicyclic) bond motifs is 1. The van der Waals surface area contributed by atoms with E-state index in [1.807, 2.05) is 0 Å². The molecule has 2 heteroatoms. The Kier molecular flexibility index (Phi) is 3.97. The maximum atomic E-state index is 6.25. The molecule has 21 heavy (non-hydrogen) atoms. The molecule has 0 bridgehead atoms. The van der Waals surface area contributed by atoms with Crippen LogP contribution in [0.25, 0.3) is 6.08 Å². The Bertz CT molecular complexity index is 535. The average Bonchev–Trinajstić information content (AvgIpc) is 2.65. The summed E-state index contributed by atoms with van der Waals surface area (Å²) in [5.74, 6) is 1.91. The second-order valence-electron chi connectivity index (χ2n) is 6.92. The second kappa shape index (κ2) is 5.75. The fourth-order valence-electron chi connectivity index (χ4n) is 3.25. The summed E-state index contributed by atoms with van der Waals surface area (Å²) in [6, 6.07) is 4.22. The molecule has 2 aliphatic rings. The molecule has 0 unspecified atom stereocenters. The predicted molar refractivity (Wildman–Crippen MR) is 87.0 cm³/mol. The molecular formula is C19H26O2. The minimum absolute atomic E-state index is 0.236. The first-order valence-corrected chi connectivity index (χ1v) is 8.23. The monoisotopic (exact) mass is 286 g/mol. The smallest absolute Gasteiger partial charge is 0.131 e. The van der Waals surface area contributed by atoms with E-state index in [2.05, 4.69) is 45.1 Å². The van der Waals surface area contributed by atoms with Crippen molar-refractivity contribution >= 4 is 6.08 Å². The van der Waals surface area contributed by atoms with Crippen LogP contribution in [0.5, 0.6) is 11.5 Å². The van der Waals surface area contributed by atoms with E-state index in [1.165, 1.54) is 49.7 Å². The van der Waals surface area contributed by atoms with Gasteiger partial charge in [0.05, 0.1) is 6.10 Å². The first kappa shape index (κ1) is 14.5. The van der Waals surface area contributed by atoms with Gasteiger partial charge in [-0.1, -0.05) is 18.9 Å². The van der Waals surface area contributed by atoms with Crippen molar-refractivity contribution in [1.29, 1.82) is 0 Å². The van der Waals surface area contributed by atoms with Crippen molar-refractivity contribution < 1.29 is 9.47 Å². The van der Waals surface area contributed by atoms with E-state index in [9.17, 15) is 0 Å². The Balaban J connectivity index is 1.81. The summed E-state index contributed by atoms with van der Waals surface area (Å²) >= 11 is 0. The van der Waals surface area contributed by atoms with Gasteiger partial charge in [-0.2, -0.15) is 0 Å². The third kappa shape index (κ3) is 3.42. The molecule has 0 radical (unpaired) electrons. The predicted octanol–water partition coefficient (Wildman–Crippen LogP) is 5.28. The Hall–Kier alpha value is -1.44. The summed E-state index contributed by atoms with van der Waals surface area (Å²) in [5, 5.41) is 0. The summed E-state index contributed by atoms with van der Waals surface area (Å²) in [4.78, 5) is 0. The molecule has 0 aromatic heterocycles.